The number of aromatic hydroxyl groups is 1. The van der Waals surface area contributed by atoms with E-state index in [2.05, 4.69) is 5.32 Å². The second-order valence-electron chi connectivity index (χ2n) is 3.61. The van der Waals surface area contributed by atoms with Crippen molar-refractivity contribution < 1.29 is 5.11 Å². The Balaban J connectivity index is 2.58. The Bertz CT molecular complexity index is 509. The number of benzene rings is 2. The summed E-state index contributed by atoms with van der Waals surface area (Å²) in [5.41, 5.74) is 9.39. The molecule has 82 valence electrons. The molecule has 0 aliphatic carbocycles. The van der Waals surface area contributed by atoms with Gasteiger partial charge in [-0.15, -0.1) is 0 Å². The van der Waals surface area contributed by atoms with Gasteiger partial charge in [0.1, 0.15) is 5.75 Å². The van der Waals surface area contributed by atoms with E-state index in [0.29, 0.717) is 5.69 Å². The minimum atomic E-state index is 0.252. The Labute approximate surface area is 94.5 Å². The maximum Gasteiger partial charge on any atom is 0.116 e. The lowest BCUT2D eigenvalue weighted by atomic mass is 10.0. The van der Waals surface area contributed by atoms with Crippen LogP contribution in [0, 0.1) is 0 Å². The van der Waals surface area contributed by atoms with Gasteiger partial charge in [0, 0.05) is 24.0 Å². The number of nitrogen functional groups attached to an aromatic ring is 1. The summed E-state index contributed by atoms with van der Waals surface area (Å²) in [6, 6.07) is 12.8. The van der Waals surface area contributed by atoms with Crippen molar-refractivity contribution in [1.29, 1.82) is 0 Å². The second-order valence-corrected chi connectivity index (χ2v) is 3.61. The second kappa shape index (κ2) is 4.14. The minimum absolute atomic E-state index is 0.252. The number of anilines is 2. The summed E-state index contributed by atoms with van der Waals surface area (Å²) < 4.78 is 0. The largest absolute Gasteiger partial charge is 0.508 e. The van der Waals surface area contributed by atoms with E-state index in [1.165, 1.54) is 0 Å². The summed E-state index contributed by atoms with van der Waals surface area (Å²) in [5, 5.41) is 12.6. The third kappa shape index (κ3) is 1.93. The Morgan fingerprint density at radius 1 is 1.12 bits per heavy atom. The zero-order valence-corrected chi connectivity index (χ0v) is 9.07. The molecule has 0 aliphatic rings. The molecule has 3 nitrogen and oxygen atoms in total. The van der Waals surface area contributed by atoms with Gasteiger partial charge in [-0.25, -0.2) is 0 Å². The van der Waals surface area contributed by atoms with E-state index in [-0.39, 0.29) is 5.75 Å². The third-order valence-electron chi connectivity index (χ3n) is 2.47. The SMILES string of the molecule is CNc1ccc(N)cc1-c1cccc(O)c1. The molecule has 16 heavy (non-hydrogen) atoms. The Morgan fingerprint density at radius 3 is 2.62 bits per heavy atom. The predicted molar refractivity (Wildman–Crippen MR) is 67.5 cm³/mol. The first-order valence-electron chi connectivity index (χ1n) is 5.07. The van der Waals surface area contributed by atoms with Crippen LogP contribution in [0.1, 0.15) is 0 Å². The molecule has 0 spiro atoms. The van der Waals surface area contributed by atoms with Crippen LogP contribution < -0.4 is 11.1 Å². The summed E-state index contributed by atoms with van der Waals surface area (Å²) in [6.45, 7) is 0. The lowest BCUT2D eigenvalue weighted by molar-refractivity contribution is 0.475. The molecule has 2 rings (SSSR count). The number of nitrogens with one attached hydrogen (secondary N) is 1. The van der Waals surface area contributed by atoms with Crippen LogP contribution in [0.25, 0.3) is 11.1 Å². The molecule has 0 unspecified atom stereocenters. The highest BCUT2D eigenvalue weighted by Crippen LogP contribution is 2.31. The Hall–Kier alpha value is -2.16. The number of rotatable bonds is 2. The summed E-state index contributed by atoms with van der Waals surface area (Å²) in [5.74, 6) is 0.252. The van der Waals surface area contributed by atoms with Crippen LogP contribution in [0.15, 0.2) is 42.5 Å². The lowest BCUT2D eigenvalue weighted by Gasteiger charge is -2.10. The van der Waals surface area contributed by atoms with Gasteiger partial charge in [-0.3, -0.25) is 0 Å². The smallest absolute Gasteiger partial charge is 0.116 e. The molecule has 2 aromatic carbocycles. The number of nitrogens with two attached hydrogens (primary N) is 1. The van der Waals surface area contributed by atoms with E-state index < -0.39 is 0 Å². The molecule has 0 heterocycles. The fourth-order valence-electron chi connectivity index (χ4n) is 1.69. The molecular weight excluding hydrogens is 200 g/mol. The van der Waals surface area contributed by atoms with Crippen LogP contribution in [0.3, 0.4) is 0 Å². The van der Waals surface area contributed by atoms with E-state index in [4.69, 9.17) is 5.73 Å². The van der Waals surface area contributed by atoms with Crippen LogP contribution in [0.5, 0.6) is 5.75 Å². The molecule has 0 amide bonds. The normalized spacial score (nSPS) is 10.1. The molecule has 0 saturated carbocycles. The van der Waals surface area contributed by atoms with Crippen molar-refractivity contribution in [2.45, 2.75) is 0 Å². The van der Waals surface area contributed by atoms with E-state index >= 15 is 0 Å². The van der Waals surface area contributed by atoms with Gasteiger partial charge in [0.05, 0.1) is 0 Å². The zero-order chi connectivity index (χ0) is 11.5. The fraction of sp³-hybridized carbons (Fsp3) is 0.0769. The van der Waals surface area contributed by atoms with Gasteiger partial charge in [-0.05, 0) is 35.9 Å². The van der Waals surface area contributed by atoms with E-state index in [1.807, 2.05) is 37.4 Å². The average molecular weight is 214 g/mol. The predicted octanol–water partition coefficient (Wildman–Crippen LogP) is 2.68. The first-order valence-corrected chi connectivity index (χ1v) is 5.07. The zero-order valence-electron chi connectivity index (χ0n) is 9.07. The lowest BCUT2D eigenvalue weighted by Crippen LogP contribution is -1.94. The van der Waals surface area contributed by atoms with E-state index in [0.717, 1.165) is 16.8 Å². The highest BCUT2D eigenvalue weighted by Gasteiger charge is 2.05. The number of hydrogen-bond donors (Lipinski definition) is 3. The van der Waals surface area contributed by atoms with Crippen molar-refractivity contribution in [2.75, 3.05) is 18.1 Å². The highest BCUT2D eigenvalue weighted by molar-refractivity contribution is 5.81. The topological polar surface area (TPSA) is 58.3 Å². The van der Waals surface area contributed by atoms with Gasteiger partial charge < -0.3 is 16.2 Å². The highest BCUT2D eigenvalue weighted by atomic mass is 16.3. The summed E-state index contributed by atoms with van der Waals surface area (Å²) in [6.07, 6.45) is 0. The van der Waals surface area contributed by atoms with Crippen molar-refractivity contribution in [3.05, 3.63) is 42.5 Å². The molecule has 0 radical (unpaired) electrons. The summed E-state index contributed by atoms with van der Waals surface area (Å²) in [7, 11) is 1.86. The molecule has 2 aromatic rings. The maximum atomic E-state index is 9.46. The van der Waals surface area contributed by atoms with Crippen molar-refractivity contribution >= 4 is 11.4 Å². The van der Waals surface area contributed by atoms with Crippen molar-refractivity contribution in [1.82, 2.24) is 0 Å². The van der Waals surface area contributed by atoms with Crippen molar-refractivity contribution in [3.63, 3.8) is 0 Å². The standard InChI is InChI=1S/C13H14N2O/c1-15-13-6-5-10(14)8-12(13)9-3-2-4-11(16)7-9/h2-8,15-16H,14H2,1H3. The van der Waals surface area contributed by atoms with Gasteiger partial charge in [0.25, 0.3) is 0 Å². The van der Waals surface area contributed by atoms with Gasteiger partial charge in [0.2, 0.25) is 0 Å². The van der Waals surface area contributed by atoms with Gasteiger partial charge in [-0.2, -0.15) is 0 Å². The number of phenolic OH excluding ortho intramolecular Hbond substituents is 1. The van der Waals surface area contributed by atoms with Crippen LogP contribution in [0.4, 0.5) is 11.4 Å². The molecule has 4 N–H and O–H groups in total. The van der Waals surface area contributed by atoms with Crippen LogP contribution in [-0.4, -0.2) is 12.2 Å². The molecule has 0 aliphatic heterocycles. The van der Waals surface area contributed by atoms with E-state index in [9.17, 15) is 5.11 Å². The molecule has 0 fully saturated rings. The monoisotopic (exact) mass is 214 g/mol. The molecule has 3 heteroatoms. The number of phenols is 1. The van der Waals surface area contributed by atoms with Crippen LogP contribution >= 0.6 is 0 Å². The quantitative estimate of drug-likeness (QED) is 0.673. The number of hydrogen-bond acceptors (Lipinski definition) is 3. The third-order valence-corrected chi connectivity index (χ3v) is 2.47. The summed E-state index contributed by atoms with van der Waals surface area (Å²) >= 11 is 0. The molecule has 0 bridgehead atoms. The van der Waals surface area contributed by atoms with Crippen LogP contribution in [0.2, 0.25) is 0 Å². The minimum Gasteiger partial charge on any atom is -0.508 e. The van der Waals surface area contributed by atoms with Crippen molar-refractivity contribution in [3.8, 4) is 16.9 Å². The molecule has 0 saturated heterocycles. The Kier molecular flexibility index (Phi) is 2.68. The van der Waals surface area contributed by atoms with Gasteiger partial charge >= 0.3 is 0 Å². The molecule has 0 atom stereocenters. The first kappa shape index (κ1) is 10.4. The average Bonchev–Trinajstić information content (AvgIpc) is 2.29. The Morgan fingerprint density at radius 2 is 1.94 bits per heavy atom. The van der Waals surface area contributed by atoms with Gasteiger partial charge in [0.15, 0.2) is 0 Å². The van der Waals surface area contributed by atoms with E-state index in [1.54, 1.807) is 12.1 Å². The molecule has 0 aromatic heterocycles. The first-order chi connectivity index (χ1) is 7.70. The van der Waals surface area contributed by atoms with Gasteiger partial charge in [-0.1, -0.05) is 12.1 Å². The summed E-state index contributed by atoms with van der Waals surface area (Å²) in [4.78, 5) is 0. The fourth-order valence-corrected chi connectivity index (χ4v) is 1.69. The van der Waals surface area contributed by atoms with Crippen LogP contribution in [-0.2, 0) is 0 Å². The molecular formula is C13H14N2O. The maximum absolute atomic E-state index is 9.46. The van der Waals surface area contributed by atoms with Crippen molar-refractivity contribution in [2.24, 2.45) is 0 Å².